The van der Waals surface area contributed by atoms with E-state index < -0.39 is 5.82 Å². The van der Waals surface area contributed by atoms with Gasteiger partial charge in [-0.3, -0.25) is 9.59 Å². The van der Waals surface area contributed by atoms with E-state index in [0.29, 0.717) is 5.02 Å². The quantitative estimate of drug-likeness (QED) is 0.871. The number of carbonyl (C=O) groups is 2. The average Bonchev–Trinajstić information content (AvgIpc) is 2.37. The van der Waals surface area contributed by atoms with Crippen molar-refractivity contribution in [3.63, 3.8) is 0 Å². The highest BCUT2D eigenvalue weighted by Gasteiger charge is 2.17. The summed E-state index contributed by atoms with van der Waals surface area (Å²) < 4.78 is 13.5. The van der Waals surface area contributed by atoms with Crippen molar-refractivity contribution in [2.45, 2.75) is 26.3 Å². The van der Waals surface area contributed by atoms with Gasteiger partial charge in [-0.15, -0.1) is 0 Å². The zero-order chi connectivity index (χ0) is 16.9. The molecule has 0 aliphatic heterocycles. The molecule has 0 fully saturated rings. The lowest BCUT2D eigenvalue weighted by Gasteiger charge is -2.23. The summed E-state index contributed by atoms with van der Waals surface area (Å²) in [4.78, 5) is 25.0. The van der Waals surface area contributed by atoms with Gasteiger partial charge in [0, 0.05) is 17.6 Å². The van der Waals surface area contributed by atoms with E-state index in [-0.39, 0.29) is 36.1 Å². The largest absolute Gasteiger partial charge is 0.374 e. The second-order valence-electron chi connectivity index (χ2n) is 6.03. The van der Waals surface area contributed by atoms with Gasteiger partial charge in [-0.2, -0.15) is 0 Å². The minimum Gasteiger partial charge on any atom is -0.374 e. The van der Waals surface area contributed by atoms with Crippen LogP contribution in [0.1, 0.15) is 20.8 Å². The molecule has 0 unspecified atom stereocenters. The fourth-order valence-electron chi connectivity index (χ4n) is 1.70. The van der Waals surface area contributed by atoms with E-state index in [0.717, 1.165) is 0 Å². The van der Waals surface area contributed by atoms with Gasteiger partial charge in [0.2, 0.25) is 11.8 Å². The minimum atomic E-state index is -0.495. The molecule has 0 atom stereocenters. The highest BCUT2D eigenvalue weighted by molar-refractivity contribution is 6.30. The second kappa shape index (κ2) is 7.45. The molecule has 1 aromatic carbocycles. The van der Waals surface area contributed by atoms with Crippen LogP contribution in [0.4, 0.5) is 10.1 Å². The molecule has 1 rings (SSSR count). The highest BCUT2D eigenvalue weighted by Crippen LogP contribution is 2.19. The SMILES string of the molecule is CN(CC(=O)NC(C)(C)C)C(=O)CNc1cc(Cl)ccc1F. The van der Waals surface area contributed by atoms with Crippen LogP contribution < -0.4 is 10.6 Å². The van der Waals surface area contributed by atoms with Gasteiger partial charge in [-0.05, 0) is 39.0 Å². The Labute approximate surface area is 134 Å². The molecule has 2 amide bonds. The van der Waals surface area contributed by atoms with Crippen LogP contribution in [0.15, 0.2) is 18.2 Å². The van der Waals surface area contributed by atoms with E-state index in [4.69, 9.17) is 11.6 Å². The molecule has 0 aliphatic carbocycles. The molecule has 0 heterocycles. The maximum atomic E-state index is 13.5. The number of hydrogen-bond acceptors (Lipinski definition) is 3. The molecule has 0 radical (unpaired) electrons. The number of carbonyl (C=O) groups excluding carboxylic acids is 2. The molecule has 0 spiro atoms. The number of rotatable bonds is 5. The molecule has 0 aliphatic rings. The van der Waals surface area contributed by atoms with Gasteiger partial charge in [-0.25, -0.2) is 4.39 Å². The van der Waals surface area contributed by atoms with Crippen molar-refractivity contribution < 1.29 is 14.0 Å². The Kier molecular flexibility index (Phi) is 6.17. The fraction of sp³-hybridized carbons (Fsp3) is 0.467. The Bertz CT molecular complexity index is 558. The molecule has 0 bridgehead atoms. The van der Waals surface area contributed by atoms with E-state index in [1.807, 2.05) is 20.8 Å². The van der Waals surface area contributed by atoms with Crippen LogP contribution in [-0.4, -0.2) is 42.4 Å². The lowest BCUT2D eigenvalue weighted by molar-refractivity contribution is -0.133. The molecule has 0 saturated carbocycles. The van der Waals surface area contributed by atoms with Crippen LogP contribution in [0.2, 0.25) is 5.02 Å². The summed E-state index contributed by atoms with van der Waals surface area (Å²) in [5, 5.41) is 5.81. The third kappa shape index (κ3) is 6.30. The normalized spacial score (nSPS) is 11.0. The highest BCUT2D eigenvalue weighted by atomic mass is 35.5. The molecule has 0 aromatic heterocycles. The van der Waals surface area contributed by atoms with Crippen molar-refractivity contribution >= 4 is 29.1 Å². The summed E-state index contributed by atoms with van der Waals surface area (Å²) in [6.45, 7) is 5.38. The van der Waals surface area contributed by atoms with Crippen molar-refractivity contribution in [3.05, 3.63) is 29.0 Å². The van der Waals surface area contributed by atoms with Crippen LogP contribution in [0.3, 0.4) is 0 Å². The first-order valence-electron chi connectivity index (χ1n) is 6.82. The Morgan fingerprint density at radius 1 is 1.32 bits per heavy atom. The van der Waals surface area contributed by atoms with Gasteiger partial charge in [-0.1, -0.05) is 11.6 Å². The zero-order valence-electron chi connectivity index (χ0n) is 13.2. The Morgan fingerprint density at radius 2 is 1.95 bits per heavy atom. The molecule has 1 aromatic rings. The number of nitrogens with one attached hydrogen (secondary N) is 2. The fourth-order valence-corrected chi connectivity index (χ4v) is 1.87. The van der Waals surface area contributed by atoms with E-state index in [1.165, 1.54) is 30.1 Å². The van der Waals surface area contributed by atoms with Crippen LogP contribution >= 0.6 is 11.6 Å². The van der Waals surface area contributed by atoms with Gasteiger partial charge in [0.1, 0.15) is 5.82 Å². The third-order valence-corrected chi connectivity index (χ3v) is 2.91. The topological polar surface area (TPSA) is 61.4 Å². The smallest absolute Gasteiger partial charge is 0.242 e. The number of amides is 2. The average molecular weight is 330 g/mol. The first-order chi connectivity index (χ1) is 10.1. The number of halogens is 2. The molecule has 0 saturated heterocycles. The molecule has 122 valence electrons. The van der Waals surface area contributed by atoms with Crippen LogP contribution in [0.5, 0.6) is 0 Å². The molecular weight excluding hydrogens is 309 g/mol. The molecule has 22 heavy (non-hydrogen) atoms. The number of hydrogen-bond donors (Lipinski definition) is 2. The number of likely N-dealkylation sites (N-methyl/N-ethyl adjacent to an activating group) is 1. The summed E-state index contributed by atoms with van der Waals surface area (Å²) in [5.41, 5.74) is -0.211. The van der Waals surface area contributed by atoms with Crippen molar-refractivity contribution in [2.75, 3.05) is 25.5 Å². The maximum Gasteiger partial charge on any atom is 0.242 e. The predicted molar refractivity (Wildman–Crippen MR) is 85.4 cm³/mol. The van der Waals surface area contributed by atoms with Gasteiger partial charge in [0.25, 0.3) is 0 Å². The van der Waals surface area contributed by atoms with E-state index in [9.17, 15) is 14.0 Å². The molecule has 2 N–H and O–H groups in total. The van der Waals surface area contributed by atoms with Crippen molar-refractivity contribution in [3.8, 4) is 0 Å². The van der Waals surface area contributed by atoms with E-state index >= 15 is 0 Å². The predicted octanol–water partition coefficient (Wildman–Crippen LogP) is 2.26. The number of nitrogens with zero attached hydrogens (tertiary/aromatic N) is 1. The maximum absolute atomic E-state index is 13.5. The van der Waals surface area contributed by atoms with Gasteiger partial charge in [0.05, 0.1) is 18.8 Å². The molecule has 5 nitrogen and oxygen atoms in total. The number of benzene rings is 1. The second-order valence-corrected chi connectivity index (χ2v) is 6.46. The van der Waals surface area contributed by atoms with Crippen molar-refractivity contribution in [1.29, 1.82) is 0 Å². The Hall–Kier alpha value is -1.82. The minimum absolute atomic E-state index is 0.0597. The van der Waals surface area contributed by atoms with E-state index in [1.54, 1.807) is 0 Å². The Morgan fingerprint density at radius 3 is 2.55 bits per heavy atom. The van der Waals surface area contributed by atoms with Gasteiger partial charge >= 0.3 is 0 Å². The summed E-state index contributed by atoms with van der Waals surface area (Å²) in [7, 11) is 1.51. The first kappa shape index (κ1) is 18.2. The molecule has 7 heteroatoms. The summed E-state index contributed by atoms with van der Waals surface area (Å²) in [5.74, 6) is -1.08. The Balaban J connectivity index is 2.51. The summed E-state index contributed by atoms with van der Waals surface area (Å²) in [6, 6.07) is 4.04. The van der Waals surface area contributed by atoms with Crippen molar-refractivity contribution in [1.82, 2.24) is 10.2 Å². The first-order valence-corrected chi connectivity index (χ1v) is 7.20. The zero-order valence-corrected chi connectivity index (χ0v) is 13.9. The van der Waals surface area contributed by atoms with Gasteiger partial charge < -0.3 is 15.5 Å². The summed E-state index contributed by atoms with van der Waals surface area (Å²) in [6.07, 6.45) is 0. The third-order valence-electron chi connectivity index (χ3n) is 2.68. The van der Waals surface area contributed by atoms with Crippen LogP contribution in [-0.2, 0) is 9.59 Å². The molecular formula is C15H21ClFN3O2. The lowest BCUT2D eigenvalue weighted by Crippen LogP contribution is -2.47. The van der Waals surface area contributed by atoms with Gasteiger partial charge in [0.15, 0.2) is 0 Å². The number of anilines is 1. The standard InChI is InChI=1S/C15H21ClFN3O2/c1-15(2,3)19-13(21)9-20(4)14(22)8-18-12-7-10(16)5-6-11(12)17/h5-7,18H,8-9H2,1-4H3,(H,19,21). The van der Waals surface area contributed by atoms with Crippen LogP contribution in [0, 0.1) is 5.82 Å². The van der Waals surface area contributed by atoms with E-state index in [2.05, 4.69) is 10.6 Å². The van der Waals surface area contributed by atoms with Crippen LogP contribution in [0.25, 0.3) is 0 Å². The summed E-state index contributed by atoms with van der Waals surface area (Å²) >= 11 is 5.77. The van der Waals surface area contributed by atoms with Crippen molar-refractivity contribution in [2.24, 2.45) is 0 Å². The monoisotopic (exact) mass is 329 g/mol. The lowest BCUT2D eigenvalue weighted by atomic mass is 10.1.